The van der Waals surface area contributed by atoms with E-state index in [1.807, 2.05) is 31.7 Å². The highest BCUT2D eigenvalue weighted by Gasteiger charge is 2.33. The van der Waals surface area contributed by atoms with Crippen LogP contribution in [0.3, 0.4) is 0 Å². The Balaban J connectivity index is 1.52. The molecule has 2 amide bonds. The summed E-state index contributed by atoms with van der Waals surface area (Å²) in [5.74, 6) is 0.248. The Kier molecular flexibility index (Phi) is 8.15. The van der Waals surface area contributed by atoms with Gasteiger partial charge in [0.15, 0.2) is 0 Å². The van der Waals surface area contributed by atoms with Crippen LogP contribution < -0.4 is 0 Å². The van der Waals surface area contributed by atoms with Gasteiger partial charge in [-0.05, 0) is 76.6 Å². The van der Waals surface area contributed by atoms with Crippen LogP contribution in [0.15, 0.2) is 24.3 Å². The van der Waals surface area contributed by atoms with Gasteiger partial charge in [-0.15, -0.1) is 0 Å². The zero-order valence-corrected chi connectivity index (χ0v) is 20.0. The molecule has 0 spiro atoms. The molecule has 0 saturated carbocycles. The van der Waals surface area contributed by atoms with E-state index in [1.165, 1.54) is 6.07 Å². The molecule has 2 fully saturated rings. The van der Waals surface area contributed by atoms with Gasteiger partial charge in [0, 0.05) is 39.8 Å². The third-order valence-corrected chi connectivity index (χ3v) is 6.22. The van der Waals surface area contributed by atoms with E-state index in [2.05, 4.69) is 4.90 Å². The lowest BCUT2D eigenvalue weighted by atomic mass is 9.92. The van der Waals surface area contributed by atoms with Crippen LogP contribution in [0.2, 0.25) is 0 Å². The monoisotopic (exact) mass is 447 g/mol. The molecule has 2 aliphatic heterocycles. The largest absolute Gasteiger partial charge is 0.444 e. The molecular formula is C25H38FN3O3. The van der Waals surface area contributed by atoms with Crippen LogP contribution in [-0.2, 0) is 16.1 Å². The van der Waals surface area contributed by atoms with Crippen LogP contribution in [0.25, 0.3) is 0 Å². The summed E-state index contributed by atoms with van der Waals surface area (Å²) in [7, 11) is 1.76. The Bertz CT molecular complexity index is 795. The number of carbonyl (C=O) groups excluding carboxylic acids is 2. The minimum atomic E-state index is -0.516. The number of halogens is 1. The number of carbonyl (C=O) groups is 2. The average molecular weight is 448 g/mol. The quantitative estimate of drug-likeness (QED) is 0.681. The van der Waals surface area contributed by atoms with Gasteiger partial charge in [-0.1, -0.05) is 12.1 Å². The highest BCUT2D eigenvalue weighted by atomic mass is 19.1. The number of nitrogens with zero attached hydrogens (tertiary/aromatic N) is 3. The van der Waals surface area contributed by atoms with Crippen LogP contribution in [0.4, 0.5) is 9.18 Å². The number of benzene rings is 1. The zero-order chi connectivity index (χ0) is 23.3. The van der Waals surface area contributed by atoms with Crippen molar-refractivity contribution in [3.8, 4) is 0 Å². The second-order valence-corrected chi connectivity index (χ2v) is 10.4. The van der Waals surface area contributed by atoms with Crippen LogP contribution in [-0.4, -0.2) is 72.1 Å². The van der Waals surface area contributed by atoms with E-state index in [0.717, 1.165) is 44.3 Å². The van der Waals surface area contributed by atoms with Gasteiger partial charge >= 0.3 is 6.09 Å². The first-order valence-electron chi connectivity index (χ1n) is 11.8. The van der Waals surface area contributed by atoms with Gasteiger partial charge in [-0.3, -0.25) is 9.69 Å². The molecular weight excluding hydrogens is 409 g/mol. The van der Waals surface area contributed by atoms with Gasteiger partial charge in [0.05, 0.1) is 5.92 Å². The van der Waals surface area contributed by atoms with E-state index in [0.29, 0.717) is 26.2 Å². The number of likely N-dealkylation sites (tertiary alicyclic amines) is 2. The minimum Gasteiger partial charge on any atom is -0.444 e. The molecule has 0 aromatic heterocycles. The smallest absolute Gasteiger partial charge is 0.410 e. The lowest BCUT2D eigenvalue weighted by Crippen LogP contribution is -2.49. The minimum absolute atomic E-state index is 0.0142. The summed E-state index contributed by atoms with van der Waals surface area (Å²) in [6, 6.07) is 6.70. The molecule has 0 radical (unpaired) electrons. The molecule has 0 aliphatic carbocycles. The molecule has 6 nitrogen and oxygen atoms in total. The fourth-order valence-corrected chi connectivity index (χ4v) is 4.77. The number of hydrogen-bond donors (Lipinski definition) is 0. The van der Waals surface area contributed by atoms with Gasteiger partial charge < -0.3 is 14.5 Å². The normalized spacial score (nSPS) is 22.5. The lowest BCUT2D eigenvalue weighted by molar-refractivity contribution is -0.139. The predicted octanol–water partition coefficient (Wildman–Crippen LogP) is 4.14. The van der Waals surface area contributed by atoms with Crippen molar-refractivity contribution < 1.29 is 18.7 Å². The highest BCUT2D eigenvalue weighted by Crippen LogP contribution is 2.25. The third kappa shape index (κ3) is 7.19. The SMILES string of the molecule is CN(CC1CCCN(C(=O)C2CCCN(Cc3cccc(F)c3)C2)C1)C(=O)OC(C)(C)C. The zero-order valence-electron chi connectivity index (χ0n) is 20.0. The topological polar surface area (TPSA) is 53.1 Å². The second-order valence-electron chi connectivity index (χ2n) is 10.4. The molecule has 178 valence electrons. The Labute approximate surface area is 191 Å². The average Bonchev–Trinajstić information content (AvgIpc) is 2.72. The first-order valence-corrected chi connectivity index (χ1v) is 11.8. The molecule has 3 rings (SSSR count). The number of rotatable bonds is 5. The van der Waals surface area contributed by atoms with Crippen LogP contribution in [0.5, 0.6) is 0 Å². The van der Waals surface area contributed by atoms with Crippen LogP contribution in [0.1, 0.15) is 52.0 Å². The lowest BCUT2D eigenvalue weighted by Gasteiger charge is -2.39. The van der Waals surface area contributed by atoms with Crippen LogP contribution >= 0.6 is 0 Å². The number of hydrogen-bond acceptors (Lipinski definition) is 4. The van der Waals surface area contributed by atoms with Gasteiger partial charge in [0.25, 0.3) is 0 Å². The summed E-state index contributed by atoms with van der Waals surface area (Å²) in [6.45, 7) is 9.97. The summed E-state index contributed by atoms with van der Waals surface area (Å²) < 4.78 is 19.0. The van der Waals surface area contributed by atoms with Crippen molar-refractivity contribution in [3.05, 3.63) is 35.6 Å². The van der Waals surface area contributed by atoms with Crippen molar-refractivity contribution in [1.82, 2.24) is 14.7 Å². The van der Waals surface area contributed by atoms with E-state index in [9.17, 15) is 14.0 Å². The first kappa shape index (κ1) is 24.5. The van der Waals surface area contributed by atoms with E-state index in [1.54, 1.807) is 24.1 Å². The van der Waals surface area contributed by atoms with Crippen LogP contribution in [0, 0.1) is 17.7 Å². The van der Waals surface area contributed by atoms with Gasteiger partial charge in [0.2, 0.25) is 5.91 Å². The molecule has 1 aromatic carbocycles. The number of piperidine rings is 2. The van der Waals surface area contributed by atoms with E-state index in [4.69, 9.17) is 4.74 Å². The van der Waals surface area contributed by atoms with E-state index < -0.39 is 5.60 Å². The fourth-order valence-electron chi connectivity index (χ4n) is 4.77. The van der Waals surface area contributed by atoms with Crippen molar-refractivity contribution in [3.63, 3.8) is 0 Å². The summed E-state index contributed by atoms with van der Waals surface area (Å²) >= 11 is 0. The molecule has 32 heavy (non-hydrogen) atoms. The van der Waals surface area contributed by atoms with E-state index in [-0.39, 0.29) is 29.7 Å². The predicted molar refractivity (Wildman–Crippen MR) is 123 cm³/mol. The molecule has 2 heterocycles. The fraction of sp³-hybridized carbons (Fsp3) is 0.680. The van der Waals surface area contributed by atoms with Crippen molar-refractivity contribution in [1.29, 1.82) is 0 Å². The first-order chi connectivity index (χ1) is 15.1. The van der Waals surface area contributed by atoms with E-state index >= 15 is 0 Å². The maximum atomic E-state index is 13.5. The molecule has 1 aromatic rings. The molecule has 2 atom stereocenters. The highest BCUT2D eigenvalue weighted by molar-refractivity contribution is 5.79. The molecule has 2 saturated heterocycles. The Morgan fingerprint density at radius 1 is 1.16 bits per heavy atom. The summed E-state index contributed by atoms with van der Waals surface area (Å²) in [5.41, 5.74) is 0.430. The Morgan fingerprint density at radius 3 is 2.62 bits per heavy atom. The maximum Gasteiger partial charge on any atom is 0.410 e. The molecule has 0 N–H and O–H groups in total. The summed E-state index contributed by atoms with van der Waals surface area (Å²) in [4.78, 5) is 31.5. The Morgan fingerprint density at radius 2 is 1.91 bits per heavy atom. The van der Waals surface area contributed by atoms with Crippen molar-refractivity contribution in [2.75, 3.05) is 39.8 Å². The standard InChI is InChI=1S/C25H38FN3O3/c1-25(2,3)32-24(31)27(4)15-20-9-6-13-29(17-20)23(30)21-10-7-12-28(18-21)16-19-8-5-11-22(26)14-19/h5,8,11,14,20-21H,6-7,9-10,12-13,15-18H2,1-4H3. The maximum absolute atomic E-state index is 13.5. The molecule has 2 unspecified atom stereocenters. The van der Waals surface area contributed by atoms with Gasteiger partial charge in [-0.25, -0.2) is 9.18 Å². The Hall–Kier alpha value is -2.15. The molecule has 7 heteroatoms. The molecule has 2 aliphatic rings. The second kappa shape index (κ2) is 10.6. The number of ether oxygens (including phenoxy) is 1. The van der Waals surface area contributed by atoms with Crippen molar-refractivity contribution in [2.24, 2.45) is 11.8 Å². The van der Waals surface area contributed by atoms with Crippen molar-refractivity contribution in [2.45, 2.75) is 58.6 Å². The van der Waals surface area contributed by atoms with Gasteiger partial charge in [-0.2, -0.15) is 0 Å². The van der Waals surface area contributed by atoms with Crippen molar-refractivity contribution >= 4 is 12.0 Å². The van der Waals surface area contributed by atoms with Gasteiger partial charge in [0.1, 0.15) is 11.4 Å². The summed E-state index contributed by atoms with van der Waals surface area (Å²) in [5, 5.41) is 0. The third-order valence-electron chi connectivity index (χ3n) is 6.22. The summed E-state index contributed by atoms with van der Waals surface area (Å²) in [6.07, 6.45) is 3.52. The number of amides is 2. The molecule has 0 bridgehead atoms.